The second-order valence-corrected chi connectivity index (χ2v) is 8.22. The van der Waals surface area contributed by atoms with Crippen molar-refractivity contribution in [2.75, 3.05) is 19.6 Å². The van der Waals surface area contributed by atoms with Crippen LogP contribution in [0.4, 0.5) is 0 Å². The molecule has 0 aromatic heterocycles. The van der Waals surface area contributed by atoms with Gasteiger partial charge < -0.3 is 15.7 Å². The van der Waals surface area contributed by atoms with Gasteiger partial charge in [-0.05, 0) is 50.4 Å². The number of hydrogen-bond donors (Lipinski definition) is 4. The maximum Gasteiger partial charge on any atom is 0.262 e. The number of carbonyl (C=O) groups excluding carboxylic acids is 4. The maximum atomic E-state index is 13.0. The van der Waals surface area contributed by atoms with Crippen molar-refractivity contribution in [2.24, 2.45) is 0 Å². The first-order valence-corrected chi connectivity index (χ1v) is 10.4. The molecule has 4 rings (SSSR count). The monoisotopic (exact) mass is 414 g/mol. The summed E-state index contributed by atoms with van der Waals surface area (Å²) in [5.74, 6) is -2.02. The number of piperidine rings is 2. The largest absolute Gasteiger partial charge is 0.389 e. The molecule has 3 aliphatic rings. The fourth-order valence-electron chi connectivity index (χ4n) is 4.44. The first-order chi connectivity index (χ1) is 14.4. The van der Waals surface area contributed by atoms with E-state index in [2.05, 4.69) is 16.0 Å². The molecule has 0 spiro atoms. The van der Waals surface area contributed by atoms with Gasteiger partial charge in [0.05, 0.1) is 16.7 Å². The summed E-state index contributed by atoms with van der Waals surface area (Å²) < 4.78 is 0. The third kappa shape index (κ3) is 3.88. The summed E-state index contributed by atoms with van der Waals surface area (Å²) in [5.41, 5.74) is 0.532. The molecular weight excluding hydrogens is 388 g/mol. The number of benzene rings is 1. The lowest BCUT2D eigenvalue weighted by atomic mass is 9.91. The highest BCUT2D eigenvalue weighted by Crippen LogP contribution is 2.30. The Morgan fingerprint density at radius 2 is 2.03 bits per heavy atom. The van der Waals surface area contributed by atoms with Crippen molar-refractivity contribution in [3.8, 4) is 0 Å². The molecule has 3 aliphatic heterocycles. The smallest absolute Gasteiger partial charge is 0.262 e. The first kappa shape index (κ1) is 20.6. The summed E-state index contributed by atoms with van der Waals surface area (Å²) >= 11 is 0. The van der Waals surface area contributed by atoms with Crippen LogP contribution in [0.2, 0.25) is 0 Å². The Morgan fingerprint density at radius 1 is 1.20 bits per heavy atom. The van der Waals surface area contributed by atoms with Crippen LogP contribution in [0.25, 0.3) is 0 Å². The van der Waals surface area contributed by atoms with Gasteiger partial charge in [-0.3, -0.25) is 29.4 Å². The number of nitrogens with one attached hydrogen (secondary N) is 3. The predicted octanol–water partition coefficient (Wildman–Crippen LogP) is -0.318. The SMILES string of the molecule is O=C1CCC(N2C(=O)c3cccc(CNCCC4(O)CCCNC4)c3C2=O)C(=O)N1. The van der Waals surface area contributed by atoms with E-state index in [1.165, 1.54) is 0 Å². The zero-order chi connectivity index (χ0) is 21.3. The van der Waals surface area contributed by atoms with Gasteiger partial charge in [-0.1, -0.05) is 12.1 Å². The fourth-order valence-corrected chi connectivity index (χ4v) is 4.44. The van der Waals surface area contributed by atoms with Gasteiger partial charge in [0.1, 0.15) is 6.04 Å². The van der Waals surface area contributed by atoms with Crippen LogP contribution in [-0.2, 0) is 16.1 Å². The highest BCUT2D eigenvalue weighted by atomic mass is 16.3. The van der Waals surface area contributed by atoms with E-state index in [9.17, 15) is 24.3 Å². The molecule has 0 aliphatic carbocycles. The zero-order valence-electron chi connectivity index (χ0n) is 16.7. The van der Waals surface area contributed by atoms with Crippen LogP contribution >= 0.6 is 0 Å². The van der Waals surface area contributed by atoms with Crippen LogP contribution in [0.5, 0.6) is 0 Å². The molecule has 160 valence electrons. The quantitative estimate of drug-likeness (QED) is 0.371. The summed E-state index contributed by atoms with van der Waals surface area (Å²) in [4.78, 5) is 50.5. The van der Waals surface area contributed by atoms with Gasteiger partial charge in [-0.2, -0.15) is 0 Å². The van der Waals surface area contributed by atoms with E-state index in [0.717, 1.165) is 24.3 Å². The van der Waals surface area contributed by atoms with Crippen LogP contribution in [0.3, 0.4) is 0 Å². The number of nitrogens with zero attached hydrogens (tertiary/aromatic N) is 1. The number of rotatable bonds is 6. The molecule has 0 bridgehead atoms. The summed E-state index contributed by atoms with van der Waals surface area (Å²) in [6.07, 6.45) is 2.52. The Balaban J connectivity index is 1.44. The van der Waals surface area contributed by atoms with Crippen molar-refractivity contribution >= 4 is 23.6 Å². The van der Waals surface area contributed by atoms with Crippen LogP contribution in [-0.4, -0.2) is 64.9 Å². The van der Waals surface area contributed by atoms with Gasteiger partial charge in [-0.15, -0.1) is 0 Å². The van der Waals surface area contributed by atoms with E-state index >= 15 is 0 Å². The Bertz CT molecular complexity index is 893. The van der Waals surface area contributed by atoms with Gasteiger partial charge in [-0.25, -0.2) is 0 Å². The lowest BCUT2D eigenvalue weighted by molar-refractivity contribution is -0.136. The van der Waals surface area contributed by atoms with E-state index in [-0.39, 0.29) is 18.4 Å². The highest BCUT2D eigenvalue weighted by molar-refractivity contribution is 6.24. The van der Waals surface area contributed by atoms with Crippen LogP contribution < -0.4 is 16.0 Å². The van der Waals surface area contributed by atoms with Gasteiger partial charge in [0, 0.05) is 19.5 Å². The lowest BCUT2D eigenvalue weighted by Crippen LogP contribution is -2.54. The van der Waals surface area contributed by atoms with Crippen molar-refractivity contribution in [3.63, 3.8) is 0 Å². The van der Waals surface area contributed by atoms with Gasteiger partial charge >= 0.3 is 0 Å². The molecule has 3 heterocycles. The van der Waals surface area contributed by atoms with E-state index < -0.39 is 35.3 Å². The molecule has 9 nitrogen and oxygen atoms in total. The second-order valence-electron chi connectivity index (χ2n) is 8.22. The average Bonchev–Trinajstić information content (AvgIpc) is 2.97. The first-order valence-electron chi connectivity index (χ1n) is 10.4. The lowest BCUT2D eigenvalue weighted by Gasteiger charge is -2.32. The standard InChI is InChI=1S/C21H26N4O5/c26-16-6-5-15(18(27)24-16)25-19(28)14-4-1-3-13(17(14)20(25)29)11-22-10-8-21(30)7-2-9-23-12-21/h1,3-4,15,22-23,30H,2,5-12H2,(H,24,26,27). The molecular formula is C21H26N4O5. The predicted molar refractivity (Wildman–Crippen MR) is 106 cm³/mol. The van der Waals surface area contributed by atoms with Crippen molar-refractivity contribution in [1.29, 1.82) is 0 Å². The highest BCUT2D eigenvalue weighted by Gasteiger charge is 2.45. The minimum absolute atomic E-state index is 0.0932. The summed E-state index contributed by atoms with van der Waals surface area (Å²) in [5, 5.41) is 19.2. The Hall–Kier alpha value is -2.62. The topological polar surface area (TPSA) is 128 Å². The molecule has 2 saturated heterocycles. The number of β-amino-alcohol motifs (C(OH)–C–C–N with tert-alkyl or cyclic N) is 1. The molecule has 0 radical (unpaired) electrons. The number of imide groups is 2. The third-order valence-corrected chi connectivity index (χ3v) is 6.09. The normalized spacial score (nSPS) is 26.7. The molecule has 0 saturated carbocycles. The fraction of sp³-hybridized carbons (Fsp3) is 0.524. The van der Waals surface area contributed by atoms with Crippen molar-refractivity contribution < 1.29 is 24.3 Å². The molecule has 1 aromatic carbocycles. The molecule has 4 amide bonds. The number of amides is 4. The Morgan fingerprint density at radius 3 is 2.77 bits per heavy atom. The number of hydrogen-bond acceptors (Lipinski definition) is 7. The molecule has 4 N–H and O–H groups in total. The van der Waals surface area contributed by atoms with Crippen LogP contribution in [0.15, 0.2) is 18.2 Å². The molecule has 9 heteroatoms. The third-order valence-electron chi connectivity index (χ3n) is 6.09. The Kier molecular flexibility index (Phi) is 5.68. The molecule has 2 fully saturated rings. The summed E-state index contributed by atoms with van der Waals surface area (Å²) in [6.45, 7) is 2.44. The zero-order valence-corrected chi connectivity index (χ0v) is 16.7. The minimum atomic E-state index is -0.969. The molecule has 1 aromatic rings. The average molecular weight is 414 g/mol. The molecule has 30 heavy (non-hydrogen) atoms. The van der Waals surface area contributed by atoms with E-state index in [1.807, 2.05) is 0 Å². The second kappa shape index (κ2) is 8.25. The number of carbonyl (C=O) groups is 4. The van der Waals surface area contributed by atoms with Crippen molar-refractivity contribution in [3.05, 3.63) is 34.9 Å². The van der Waals surface area contributed by atoms with Crippen molar-refractivity contribution in [1.82, 2.24) is 20.9 Å². The number of fused-ring (bicyclic) bond motifs is 1. The van der Waals surface area contributed by atoms with Crippen LogP contribution in [0, 0.1) is 0 Å². The van der Waals surface area contributed by atoms with Gasteiger partial charge in [0.25, 0.3) is 11.8 Å². The van der Waals surface area contributed by atoms with E-state index in [4.69, 9.17) is 0 Å². The van der Waals surface area contributed by atoms with Gasteiger partial charge in [0.15, 0.2) is 0 Å². The maximum absolute atomic E-state index is 13.0. The molecule has 2 unspecified atom stereocenters. The van der Waals surface area contributed by atoms with E-state index in [1.54, 1.807) is 18.2 Å². The summed E-state index contributed by atoms with van der Waals surface area (Å²) in [7, 11) is 0. The van der Waals surface area contributed by atoms with Crippen LogP contribution in [0.1, 0.15) is 58.4 Å². The minimum Gasteiger partial charge on any atom is -0.389 e. The van der Waals surface area contributed by atoms with E-state index in [0.29, 0.717) is 37.2 Å². The molecule has 2 atom stereocenters. The summed E-state index contributed by atoms with van der Waals surface area (Å²) in [6, 6.07) is 4.11. The van der Waals surface area contributed by atoms with Gasteiger partial charge in [0.2, 0.25) is 11.8 Å². The van der Waals surface area contributed by atoms with Crippen molar-refractivity contribution in [2.45, 2.75) is 50.3 Å². The Labute approximate surface area is 174 Å². The number of aliphatic hydroxyl groups is 1.